The van der Waals surface area contributed by atoms with Crippen LogP contribution < -0.4 is 0 Å². The van der Waals surface area contributed by atoms with Gasteiger partial charge in [0.05, 0.1) is 10.6 Å². The van der Waals surface area contributed by atoms with Gasteiger partial charge in [-0.2, -0.15) is 0 Å². The summed E-state index contributed by atoms with van der Waals surface area (Å²) in [5.74, 6) is 0.247. The third-order valence-electron chi connectivity index (χ3n) is 2.90. The van der Waals surface area contributed by atoms with Gasteiger partial charge in [0, 0.05) is 17.1 Å². The topological polar surface area (TPSA) is 49.9 Å². The summed E-state index contributed by atoms with van der Waals surface area (Å²) < 4.78 is 24.1. The Labute approximate surface area is 102 Å². The summed E-state index contributed by atoms with van der Waals surface area (Å²) in [4.78, 5) is 3.49. The van der Waals surface area contributed by atoms with Crippen LogP contribution >= 0.6 is 0 Å². The van der Waals surface area contributed by atoms with Gasteiger partial charge in [-0.25, -0.2) is 8.42 Å². The number of aromatic amines is 1. The molecule has 0 aliphatic heterocycles. The Morgan fingerprint density at radius 2 is 2.00 bits per heavy atom. The predicted octanol–water partition coefficient (Wildman–Crippen LogP) is 3.13. The molecule has 2 aromatic rings. The third-order valence-corrected chi connectivity index (χ3v) is 4.70. The van der Waals surface area contributed by atoms with E-state index in [1.807, 2.05) is 18.3 Å². The molecular formula is C13H17NO2S. The molecule has 0 unspecified atom stereocenters. The average molecular weight is 251 g/mol. The molecule has 0 saturated carbocycles. The average Bonchev–Trinajstić information content (AvgIpc) is 2.76. The van der Waals surface area contributed by atoms with Crippen molar-refractivity contribution in [1.82, 2.24) is 4.98 Å². The van der Waals surface area contributed by atoms with Crippen molar-refractivity contribution in [2.24, 2.45) is 0 Å². The highest BCUT2D eigenvalue weighted by Gasteiger charge is 2.14. The van der Waals surface area contributed by atoms with Gasteiger partial charge >= 0.3 is 0 Å². The lowest BCUT2D eigenvalue weighted by Crippen LogP contribution is -2.06. The lowest BCUT2D eigenvalue weighted by atomic mass is 10.2. The molecule has 4 heteroatoms. The van der Waals surface area contributed by atoms with E-state index < -0.39 is 9.84 Å². The number of hydrogen-bond donors (Lipinski definition) is 1. The Hall–Kier alpha value is -1.29. The molecule has 0 spiro atoms. The van der Waals surface area contributed by atoms with Crippen molar-refractivity contribution >= 4 is 20.7 Å². The Morgan fingerprint density at radius 1 is 1.18 bits per heavy atom. The minimum absolute atomic E-state index is 0.247. The SMILES string of the molecule is CCCCCS(=O)(=O)c1ccc2[nH]ccc2c1. The highest BCUT2D eigenvalue weighted by atomic mass is 32.2. The smallest absolute Gasteiger partial charge is 0.178 e. The van der Waals surface area contributed by atoms with E-state index in [2.05, 4.69) is 11.9 Å². The number of aromatic nitrogens is 1. The number of nitrogens with one attached hydrogen (secondary N) is 1. The molecule has 0 amide bonds. The molecule has 0 radical (unpaired) electrons. The standard InChI is InChI=1S/C13H17NO2S/c1-2-3-4-9-17(15,16)12-5-6-13-11(10-12)7-8-14-13/h5-8,10,14H,2-4,9H2,1H3. The number of fused-ring (bicyclic) bond motifs is 1. The van der Waals surface area contributed by atoms with Gasteiger partial charge in [-0.05, 0) is 30.7 Å². The van der Waals surface area contributed by atoms with E-state index in [9.17, 15) is 8.42 Å². The molecule has 0 fully saturated rings. The summed E-state index contributed by atoms with van der Waals surface area (Å²) in [6.07, 6.45) is 4.56. The normalized spacial score (nSPS) is 12.1. The Morgan fingerprint density at radius 3 is 2.76 bits per heavy atom. The maximum Gasteiger partial charge on any atom is 0.178 e. The zero-order valence-corrected chi connectivity index (χ0v) is 10.8. The maximum absolute atomic E-state index is 12.1. The van der Waals surface area contributed by atoms with Crippen LogP contribution in [0.1, 0.15) is 26.2 Å². The molecule has 1 aromatic carbocycles. The molecule has 0 saturated heterocycles. The van der Waals surface area contributed by atoms with Gasteiger partial charge in [-0.1, -0.05) is 19.8 Å². The molecule has 17 heavy (non-hydrogen) atoms. The van der Waals surface area contributed by atoms with E-state index in [1.165, 1.54) is 0 Å². The molecule has 1 N–H and O–H groups in total. The highest BCUT2D eigenvalue weighted by Crippen LogP contribution is 2.19. The number of sulfone groups is 1. The predicted molar refractivity (Wildman–Crippen MR) is 69.9 cm³/mol. The number of rotatable bonds is 5. The number of unbranched alkanes of at least 4 members (excludes halogenated alkanes) is 2. The first-order valence-electron chi connectivity index (χ1n) is 5.93. The van der Waals surface area contributed by atoms with Gasteiger partial charge in [-0.15, -0.1) is 0 Å². The molecule has 3 nitrogen and oxygen atoms in total. The molecule has 0 aliphatic rings. The summed E-state index contributed by atoms with van der Waals surface area (Å²) in [5, 5.41) is 0.946. The molecule has 2 rings (SSSR count). The van der Waals surface area contributed by atoms with Crippen molar-refractivity contribution in [3.63, 3.8) is 0 Å². The Balaban J connectivity index is 2.25. The largest absolute Gasteiger partial charge is 0.361 e. The quantitative estimate of drug-likeness (QED) is 0.830. The summed E-state index contributed by atoms with van der Waals surface area (Å²) in [6.45, 7) is 2.07. The second-order valence-corrected chi connectivity index (χ2v) is 6.36. The van der Waals surface area contributed by atoms with Gasteiger partial charge in [0.15, 0.2) is 9.84 Å². The van der Waals surface area contributed by atoms with Crippen LogP contribution in [0.2, 0.25) is 0 Å². The molecule has 0 aliphatic carbocycles. The van der Waals surface area contributed by atoms with Gasteiger partial charge < -0.3 is 4.98 Å². The van der Waals surface area contributed by atoms with Gasteiger partial charge in [0.25, 0.3) is 0 Å². The summed E-state index contributed by atoms with van der Waals surface area (Å²) in [5.41, 5.74) is 0.970. The third kappa shape index (κ3) is 2.69. The maximum atomic E-state index is 12.1. The number of H-pyrrole nitrogens is 1. The zero-order chi connectivity index (χ0) is 12.3. The van der Waals surface area contributed by atoms with Crippen molar-refractivity contribution in [3.05, 3.63) is 30.5 Å². The monoisotopic (exact) mass is 251 g/mol. The molecule has 0 atom stereocenters. The van der Waals surface area contributed by atoms with Crippen LogP contribution in [0.5, 0.6) is 0 Å². The molecule has 1 aromatic heterocycles. The first-order valence-corrected chi connectivity index (χ1v) is 7.58. The van der Waals surface area contributed by atoms with E-state index in [1.54, 1.807) is 12.1 Å². The molecular weight excluding hydrogens is 234 g/mol. The van der Waals surface area contributed by atoms with Crippen molar-refractivity contribution in [2.75, 3.05) is 5.75 Å². The van der Waals surface area contributed by atoms with Crippen LogP contribution in [0, 0.1) is 0 Å². The van der Waals surface area contributed by atoms with Crippen LogP contribution in [0.3, 0.4) is 0 Å². The first kappa shape index (κ1) is 12.2. The highest BCUT2D eigenvalue weighted by molar-refractivity contribution is 7.91. The van der Waals surface area contributed by atoms with Crippen molar-refractivity contribution in [2.45, 2.75) is 31.1 Å². The van der Waals surface area contributed by atoms with E-state index in [-0.39, 0.29) is 5.75 Å². The molecule has 1 heterocycles. The fourth-order valence-electron chi connectivity index (χ4n) is 1.88. The minimum atomic E-state index is -3.12. The first-order chi connectivity index (χ1) is 8.13. The molecule has 92 valence electrons. The second-order valence-electron chi connectivity index (χ2n) is 4.25. The van der Waals surface area contributed by atoms with Crippen LogP contribution in [-0.4, -0.2) is 19.2 Å². The fourth-order valence-corrected chi connectivity index (χ4v) is 3.29. The zero-order valence-electron chi connectivity index (χ0n) is 9.94. The Kier molecular flexibility index (Phi) is 3.52. The fraction of sp³-hybridized carbons (Fsp3) is 0.385. The van der Waals surface area contributed by atoms with Crippen molar-refractivity contribution in [1.29, 1.82) is 0 Å². The van der Waals surface area contributed by atoms with E-state index in [4.69, 9.17) is 0 Å². The summed E-state index contributed by atoms with van der Waals surface area (Å²) in [7, 11) is -3.12. The summed E-state index contributed by atoms with van der Waals surface area (Å²) >= 11 is 0. The van der Waals surface area contributed by atoms with Crippen molar-refractivity contribution in [3.8, 4) is 0 Å². The number of benzene rings is 1. The molecule has 0 bridgehead atoms. The minimum Gasteiger partial charge on any atom is -0.361 e. The van der Waals surface area contributed by atoms with Crippen molar-refractivity contribution < 1.29 is 8.42 Å². The Bertz CT molecular complexity index is 599. The van der Waals surface area contributed by atoms with E-state index >= 15 is 0 Å². The second kappa shape index (κ2) is 4.92. The van der Waals surface area contributed by atoms with E-state index in [0.29, 0.717) is 4.90 Å². The number of hydrogen-bond acceptors (Lipinski definition) is 2. The van der Waals surface area contributed by atoms with E-state index in [0.717, 1.165) is 30.2 Å². The van der Waals surface area contributed by atoms with Crippen LogP contribution in [-0.2, 0) is 9.84 Å². The van der Waals surface area contributed by atoms with Crippen LogP contribution in [0.25, 0.3) is 10.9 Å². The van der Waals surface area contributed by atoms with Crippen LogP contribution in [0.4, 0.5) is 0 Å². The van der Waals surface area contributed by atoms with Gasteiger partial charge in [-0.3, -0.25) is 0 Å². The van der Waals surface area contributed by atoms with Crippen LogP contribution in [0.15, 0.2) is 35.4 Å². The lowest BCUT2D eigenvalue weighted by Gasteiger charge is -2.04. The van der Waals surface area contributed by atoms with Gasteiger partial charge in [0.2, 0.25) is 0 Å². The van der Waals surface area contributed by atoms with Gasteiger partial charge in [0.1, 0.15) is 0 Å². The lowest BCUT2D eigenvalue weighted by molar-refractivity contribution is 0.591. The summed E-state index contributed by atoms with van der Waals surface area (Å²) in [6, 6.07) is 7.13.